The van der Waals surface area contributed by atoms with Gasteiger partial charge in [-0.3, -0.25) is 4.79 Å². The Labute approximate surface area is 121 Å². The predicted molar refractivity (Wildman–Crippen MR) is 76.9 cm³/mol. The van der Waals surface area contributed by atoms with Crippen LogP contribution in [0.25, 0.3) is 17.2 Å². The van der Waals surface area contributed by atoms with E-state index in [1.165, 1.54) is 6.92 Å². The molecule has 3 aromatic rings. The van der Waals surface area contributed by atoms with Crippen molar-refractivity contribution in [2.45, 2.75) is 26.7 Å². The van der Waals surface area contributed by atoms with E-state index in [1.807, 2.05) is 13.8 Å². The van der Waals surface area contributed by atoms with E-state index in [0.717, 1.165) is 0 Å². The maximum atomic E-state index is 11.2. The number of furan rings is 1. The highest BCUT2D eigenvalue weighted by Gasteiger charge is 2.16. The van der Waals surface area contributed by atoms with Crippen LogP contribution in [0.4, 0.5) is 5.82 Å². The molecule has 0 fully saturated rings. The summed E-state index contributed by atoms with van der Waals surface area (Å²) in [6.07, 6.45) is 1.56. The van der Waals surface area contributed by atoms with E-state index in [1.54, 1.807) is 29.0 Å². The summed E-state index contributed by atoms with van der Waals surface area (Å²) in [7, 11) is 0. The Kier molecular flexibility index (Phi) is 3.17. The number of anilines is 1. The molecule has 0 aliphatic heterocycles. The zero-order valence-electron chi connectivity index (χ0n) is 12.0. The third-order valence-corrected chi connectivity index (χ3v) is 2.90. The smallest absolute Gasteiger partial charge is 0.222 e. The summed E-state index contributed by atoms with van der Waals surface area (Å²) in [6.45, 7) is 5.47. The standard InChI is InChI=1S/C14H15N5O2/c1-8(2)13-17-12-7-11(15-9(3)20)16-14(19(12)18-13)10-5-4-6-21-10/h4-8H,1-3H3,(H,15,20). The van der Waals surface area contributed by atoms with Crippen LogP contribution in [-0.4, -0.2) is 25.5 Å². The molecule has 0 saturated heterocycles. The van der Waals surface area contributed by atoms with Crippen molar-refractivity contribution in [3.63, 3.8) is 0 Å². The molecule has 0 bridgehead atoms. The van der Waals surface area contributed by atoms with Gasteiger partial charge in [0.15, 0.2) is 17.2 Å². The van der Waals surface area contributed by atoms with Gasteiger partial charge in [-0.2, -0.15) is 4.52 Å². The van der Waals surface area contributed by atoms with Gasteiger partial charge in [0.25, 0.3) is 0 Å². The maximum absolute atomic E-state index is 11.2. The van der Waals surface area contributed by atoms with Crippen LogP contribution in [0.1, 0.15) is 32.5 Å². The van der Waals surface area contributed by atoms with E-state index in [-0.39, 0.29) is 11.8 Å². The van der Waals surface area contributed by atoms with Crippen LogP contribution >= 0.6 is 0 Å². The molecule has 0 spiro atoms. The summed E-state index contributed by atoms with van der Waals surface area (Å²) in [5.41, 5.74) is 0.615. The first-order valence-electron chi connectivity index (χ1n) is 6.64. The molecule has 0 unspecified atom stereocenters. The van der Waals surface area contributed by atoms with E-state index < -0.39 is 0 Å². The minimum Gasteiger partial charge on any atom is -0.461 e. The Balaban J connectivity index is 2.23. The van der Waals surface area contributed by atoms with Gasteiger partial charge in [-0.05, 0) is 12.1 Å². The maximum Gasteiger partial charge on any atom is 0.222 e. The molecule has 0 atom stereocenters. The molecular formula is C14H15N5O2. The summed E-state index contributed by atoms with van der Waals surface area (Å²) >= 11 is 0. The van der Waals surface area contributed by atoms with E-state index in [4.69, 9.17) is 4.42 Å². The van der Waals surface area contributed by atoms with Gasteiger partial charge in [0.05, 0.1) is 6.26 Å². The van der Waals surface area contributed by atoms with E-state index in [9.17, 15) is 4.79 Å². The van der Waals surface area contributed by atoms with Crippen molar-refractivity contribution in [2.24, 2.45) is 0 Å². The highest BCUT2D eigenvalue weighted by atomic mass is 16.3. The molecular weight excluding hydrogens is 270 g/mol. The molecule has 21 heavy (non-hydrogen) atoms. The molecule has 0 aromatic carbocycles. The number of amides is 1. The van der Waals surface area contributed by atoms with Crippen LogP contribution in [0.5, 0.6) is 0 Å². The lowest BCUT2D eigenvalue weighted by Gasteiger charge is -2.05. The molecule has 3 heterocycles. The minimum absolute atomic E-state index is 0.193. The number of aromatic nitrogens is 4. The third-order valence-electron chi connectivity index (χ3n) is 2.90. The Bertz CT molecular complexity index is 789. The van der Waals surface area contributed by atoms with Crippen molar-refractivity contribution in [1.82, 2.24) is 19.6 Å². The zero-order valence-corrected chi connectivity index (χ0v) is 12.0. The fraction of sp³-hybridized carbons (Fsp3) is 0.286. The van der Waals surface area contributed by atoms with Crippen LogP contribution in [-0.2, 0) is 4.79 Å². The highest BCUT2D eigenvalue weighted by Crippen LogP contribution is 2.22. The number of fused-ring (bicyclic) bond motifs is 1. The SMILES string of the molecule is CC(=O)Nc1cc2nc(C(C)C)nn2c(-c2ccco2)n1. The van der Waals surface area contributed by atoms with Gasteiger partial charge in [0.1, 0.15) is 5.82 Å². The van der Waals surface area contributed by atoms with Gasteiger partial charge in [-0.15, -0.1) is 5.10 Å². The lowest BCUT2D eigenvalue weighted by atomic mass is 10.2. The van der Waals surface area contributed by atoms with Crippen molar-refractivity contribution >= 4 is 17.4 Å². The number of hydrogen-bond acceptors (Lipinski definition) is 5. The van der Waals surface area contributed by atoms with Crippen LogP contribution in [0.3, 0.4) is 0 Å². The van der Waals surface area contributed by atoms with Crippen molar-refractivity contribution in [2.75, 3.05) is 5.32 Å². The van der Waals surface area contributed by atoms with Gasteiger partial charge >= 0.3 is 0 Å². The lowest BCUT2D eigenvalue weighted by molar-refractivity contribution is -0.114. The van der Waals surface area contributed by atoms with Gasteiger partial charge in [0, 0.05) is 18.9 Å². The molecule has 3 rings (SSSR count). The second kappa shape index (κ2) is 5.01. The lowest BCUT2D eigenvalue weighted by Crippen LogP contribution is -2.09. The zero-order chi connectivity index (χ0) is 15.0. The fourth-order valence-corrected chi connectivity index (χ4v) is 1.96. The normalized spacial score (nSPS) is 11.2. The molecule has 1 N–H and O–H groups in total. The van der Waals surface area contributed by atoms with Crippen LogP contribution < -0.4 is 5.32 Å². The summed E-state index contributed by atoms with van der Waals surface area (Å²) in [6, 6.07) is 5.25. The number of carbonyl (C=O) groups is 1. The predicted octanol–water partition coefficient (Wildman–Crippen LogP) is 2.47. The first-order valence-corrected chi connectivity index (χ1v) is 6.64. The molecule has 0 aliphatic rings. The van der Waals surface area contributed by atoms with Crippen LogP contribution in [0.2, 0.25) is 0 Å². The fourth-order valence-electron chi connectivity index (χ4n) is 1.96. The topological polar surface area (TPSA) is 85.3 Å². The van der Waals surface area contributed by atoms with Gasteiger partial charge in [-0.1, -0.05) is 13.8 Å². The highest BCUT2D eigenvalue weighted by molar-refractivity contribution is 5.88. The largest absolute Gasteiger partial charge is 0.461 e. The monoisotopic (exact) mass is 285 g/mol. The van der Waals surface area contributed by atoms with Crippen molar-refractivity contribution in [3.8, 4) is 11.6 Å². The molecule has 0 aliphatic carbocycles. The Hall–Kier alpha value is -2.70. The molecule has 1 amide bonds. The Morgan fingerprint density at radius 3 is 2.81 bits per heavy atom. The van der Waals surface area contributed by atoms with Crippen LogP contribution in [0, 0.1) is 0 Å². The molecule has 7 heteroatoms. The quantitative estimate of drug-likeness (QED) is 0.799. The molecule has 0 radical (unpaired) electrons. The summed E-state index contributed by atoms with van der Waals surface area (Å²) in [4.78, 5) is 20.1. The third kappa shape index (κ3) is 2.49. The molecule has 108 valence electrons. The van der Waals surface area contributed by atoms with Crippen molar-refractivity contribution in [3.05, 3.63) is 30.3 Å². The van der Waals surface area contributed by atoms with Gasteiger partial charge < -0.3 is 9.73 Å². The molecule has 3 aromatic heterocycles. The van der Waals surface area contributed by atoms with Crippen molar-refractivity contribution in [1.29, 1.82) is 0 Å². The van der Waals surface area contributed by atoms with Crippen molar-refractivity contribution < 1.29 is 9.21 Å². The van der Waals surface area contributed by atoms with Gasteiger partial charge in [0.2, 0.25) is 11.7 Å². The van der Waals surface area contributed by atoms with E-state index in [0.29, 0.717) is 28.9 Å². The van der Waals surface area contributed by atoms with Crippen LogP contribution in [0.15, 0.2) is 28.9 Å². The summed E-state index contributed by atoms with van der Waals surface area (Å²) in [5, 5.41) is 7.12. The number of carbonyl (C=O) groups excluding carboxylic acids is 1. The first-order chi connectivity index (χ1) is 10.0. The average molecular weight is 285 g/mol. The summed E-state index contributed by atoms with van der Waals surface area (Å²) < 4.78 is 7.02. The second-order valence-electron chi connectivity index (χ2n) is 5.02. The van der Waals surface area contributed by atoms with E-state index in [2.05, 4.69) is 20.4 Å². The first kappa shape index (κ1) is 13.3. The summed E-state index contributed by atoms with van der Waals surface area (Å²) in [5.74, 6) is 2.20. The number of rotatable bonds is 3. The number of nitrogens with zero attached hydrogens (tertiary/aromatic N) is 4. The van der Waals surface area contributed by atoms with E-state index >= 15 is 0 Å². The second-order valence-corrected chi connectivity index (χ2v) is 5.02. The Morgan fingerprint density at radius 2 is 2.19 bits per heavy atom. The minimum atomic E-state index is -0.194. The number of hydrogen-bond donors (Lipinski definition) is 1. The molecule has 7 nitrogen and oxygen atoms in total. The Morgan fingerprint density at radius 1 is 1.38 bits per heavy atom. The van der Waals surface area contributed by atoms with Gasteiger partial charge in [-0.25, -0.2) is 9.97 Å². The average Bonchev–Trinajstić information content (AvgIpc) is 3.06. The number of nitrogens with one attached hydrogen (secondary N) is 1. The molecule has 0 saturated carbocycles.